The highest BCUT2D eigenvalue weighted by atomic mass is 32.1. The van der Waals surface area contributed by atoms with Crippen LogP contribution >= 0.6 is 11.3 Å². The van der Waals surface area contributed by atoms with Crippen molar-refractivity contribution in [2.75, 3.05) is 5.73 Å². The highest BCUT2D eigenvalue weighted by Crippen LogP contribution is 2.29. The Morgan fingerprint density at radius 1 is 1.26 bits per heavy atom. The molecule has 0 unspecified atom stereocenters. The molecule has 4 nitrogen and oxygen atoms in total. The Balaban J connectivity index is 2.40. The topological polar surface area (TPSA) is 68.0 Å². The summed E-state index contributed by atoms with van der Waals surface area (Å²) >= 11 is 1.21. The maximum Gasteiger partial charge on any atom is 0.264 e. The summed E-state index contributed by atoms with van der Waals surface area (Å²) in [6, 6.07) is 9.59. The highest BCUT2D eigenvalue weighted by Gasteiger charge is 2.22. The van der Waals surface area contributed by atoms with E-state index in [0.717, 1.165) is 5.56 Å². The molecule has 1 aromatic heterocycles. The SMILES string of the molecule is CC(C)(C)NC(=O)c1sc(N)nc1-c1ccccc1. The third kappa shape index (κ3) is 3.32. The van der Waals surface area contributed by atoms with Crippen LogP contribution in [0, 0.1) is 0 Å². The number of aromatic nitrogens is 1. The maximum absolute atomic E-state index is 12.3. The normalized spacial score (nSPS) is 11.3. The molecule has 5 heteroatoms. The van der Waals surface area contributed by atoms with Gasteiger partial charge in [0, 0.05) is 11.1 Å². The zero-order chi connectivity index (χ0) is 14.0. The average Bonchev–Trinajstić information content (AvgIpc) is 2.70. The molecule has 0 bridgehead atoms. The number of thiazole rings is 1. The van der Waals surface area contributed by atoms with Crippen LogP contribution in [0.1, 0.15) is 30.4 Å². The van der Waals surface area contributed by atoms with Crippen LogP contribution in [0.2, 0.25) is 0 Å². The summed E-state index contributed by atoms with van der Waals surface area (Å²) in [7, 11) is 0. The Kier molecular flexibility index (Phi) is 3.57. The average molecular weight is 275 g/mol. The molecular weight excluding hydrogens is 258 g/mol. The number of carbonyl (C=O) groups excluding carboxylic acids is 1. The first-order valence-electron chi connectivity index (χ1n) is 6.01. The van der Waals surface area contributed by atoms with Crippen molar-refractivity contribution in [1.82, 2.24) is 10.3 Å². The zero-order valence-electron chi connectivity index (χ0n) is 11.2. The number of nitrogens with one attached hydrogen (secondary N) is 1. The van der Waals surface area contributed by atoms with E-state index in [2.05, 4.69) is 10.3 Å². The molecule has 100 valence electrons. The Bertz CT molecular complexity index is 584. The molecule has 0 atom stereocenters. The van der Waals surface area contributed by atoms with Crippen molar-refractivity contribution in [1.29, 1.82) is 0 Å². The number of benzene rings is 1. The minimum Gasteiger partial charge on any atom is -0.375 e. The van der Waals surface area contributed by atoms with Gasteiger partial charge in [0.1, 0.15) is 4.88 Å². The van der Waals surface area contributed by atoms with E-state index in [0.29, 0.717) is 15.7 Å². The summed E-state index contributed by atoms with van der Waals surface area (Å²) in [6.07, 6.45) is 0. The second-order valence-electron chi connectivity index (χ2n) is 5.30. The van der Waals surface area contributed by atoms with Gasteiger partial charge >= 0.3 is 0 Å². The summed E-state index contributed by atoms with van der Waals surface area (Å²) in [6.45, 7) is 5.83. The molecule has 1 aromatic carbocycles. The quantitative estimate of drug-likeness (QED) is 0.885. The number of anilines is 1. The lowest BCUT2D eigenvalue weighted by molar-refractivity contribution is 0.0924. The van der Waals surface area contributed by atoms with Crippen molar-refractivity contribution in [3.63, 3.8) is 0 Å². The summed E-state index contributed by atoms with van der Waals surface area (Å²) in [5.74, 6) is -0.138. The smallest absolute Gasteiger partial charge is 0.264 e. The van der Waals surface area contributed by atoms with E-state index in [1.54, 1.807) is 0 Å². The van der Waals surface area contributed by atoms with Crippen molar-refractivity contribution < 1.29 is 4.79 Å². The van der Waals surface area contributed by atoms with Gasteiger partial charge in [0.2, 0.25) is 0 Å². The molecule has 0 fully saturated rings. The Hall–Kier alpha value is -1.88. The minimum absolute atomic E-state index is 0.138. The molecule has 0 radical (unpaired) electrons. The second kappa shape index (κ2) is 5.01. The number of hydrogen-bond donors (Lipinski definition) is 2. The van der Waals surface area contributed by atoms with E-state index in [4.69, 9.17) is 5.73 Å². The number of hydrogen-bond acceptors (Lipinski definition) is 4. The van der Waals surface area contributed by atoms with E-state index < -0.39 is 0 Å². The van der Waals surface area contributed by atoms with E-state index in [9.17, 15) is 4.79 Å². The standard InChI is InChI=1S/C14H17N3OS/c1-14(2,3)17-12(18)11-10(16-13(15)19-11)9-7-5-4-6-8-9/h4-8H,1-3H3,(H2,15,16)(H,17,18). The lowest BCUT2D eigenvalue weighted by Gasteiger charge is -2.20. The van der Waals surface area contributed by atoms with Gasteiger partial charge in [0.25, 0.3) is 5.91 Å². The first-order valence-corrected chi connectivity index (χ1v) is 6.83. The van der Waals surface area contributed by atoms with Crippen LogP contribution in [0.15, 0.2) is 30.3 Å². The largest absolute Gasteiger partial charge is 0.375 e. The monoisotopic (exact) mass is 275 g/mol. The molecule has 2 aromatic rings. The van der Waals surface area contributed by atoms with Gasteiger partial charge in [-0.2, -0.15) is 0 Å². The van der Waals surface area contributed by atoms with E-state index in [1.165, 1.54) is 11.3 Å². The molecule has 2 rings (SSSR count). The third-order valence-corrected chi connectivity index (χ3v) is 3.27. The summed E-state index contributed by atoms with van der Waals surface area (Å²) < 4.78 is 0. The first-order chi connectivity index (χ1) is 8.87. The fraction of sp³-hybridized carbons (Fsp3) is 0.286. The number of amides is 1. The molecule has 0 aliphatic carbocycles. The fourth-order valence-electron chi connectivity index (χ4n) is 1.68. The van der Waals surface area contributed by atoms with Crippen molar-refractivity contribution in [2.24, 2.45) is 0 Å². The van der Waals surface area contributed by atoms with Crippen LogP contribution in [-0.4, -0.2) is 16.4 Å². The molecule has 19 heavy (non-hydrogen) atoms. The molecule has 1 heterocycles. The Morgan fingerprint density at radius 2 is 1.89 bits per heavy atom. The highest BCUT2D eigenvalue weighted by molar-refractivity contribution is 7.17. The van der Waals surface area contributed by atoms with Crippen molar-refractivity contribution >= 4 is 22.4 Å². The van der Waals surface area contributed by atoms with Crippen molar-refractivity contribution in [3.05, 3.63) is 35.2 Å². The zero-order valence-corrected chi connectivity index (χ0v) is 12.0. The van der Waals surface area contributed by atoms with Crippen molar-refractivity contribution in [3.8, 4) is 11.3 Å². The number of nitrogens with zero attached hydrogens (tertiary/aromatic N) is 1. The minimum atomic E-state index is -0.288. The summed E-state index contributed by atoms with van der Waals surface area (Å²) in [5, 5.41) is 3.34. The van der Waals surface area contributed by atoms with Crippen molar-refractivity contribution in [2.45, 2.75) is 26.3 Å². The van der Waals surface area contributed by atoms with E-state index in [1.807, 2.05) is 51.1 Å². The molecule has 3 N–H and O–H groups in total. The van der Waals surface area contributed by atoms with Gasteiger partial charge in [0.15, 0.2) is 5.13 Å². The molecule has 1 amide bonds. The van der Waals surface area contributed by atoms with E-state index in [-0.39, 0.29) is 11.4 Å². The molecular formula is C14H17N3OS. The van der Waals surface area contributed by atoms with Gasteiger partial charge in [-0.15, -0.1) is 0 Å². The Morgan fingerprint density at radius 3 is 2.47 bits per heavy atom. The van der Waals surface area contributed by atoms with Crippen LogP contribution in [0.4, 0.5) is 5.13 Å². The predicted octanol–water partition coefficient (Wildman–Crippen LogP) is 2.92. The van der Waals surface area contributed by atoms with Crippen LogP contribution in [0.5, 0.6) is 0 Å². The van der Waals surface area contributed by atoms with Gasteiger partial charge in [-0.1, -0.05) is 41.7 Å². The van der Waals surface area contributed by atoms with E-state index >= 15 is 0 Å². The third-order valence-electron chi connectivity index (χ3n) is 2.39. The number of carbonyl (C=O) groups is 1. The van der Waals surface area contributed by atoms with Crippen LogP contribution in [0.25, 0.3) is 11.3 Å². The summed E-state index contributed by atoms with van der Waals surface area (Å²) in [5.41, 5.74) is 7.00. The molecule has 0 spiro atoms. The lowest BCUT2D eigenvalue weighted by atomic mass is 10.1. The first kappa shape index (κ1) is 13.5. The van der Waals surface area contributed by atoms with Crippen LogP contribution < -0.4 is 11.1 Å². The van der Waals surface area contributed by atoms with Gasteiger partial charge < -0.3 is 11.1 Å². The molecule has 0 saturated carbocycles. The summed E-state index contributed by atoms with van der Waals surface area (Å²) in [4.78, 5) is 17.1. The van der Waals surface area contributed by atoms with Gasteiger partial charge in [-0.3, -0.25) is 4.79 Å². The van der Waals surface area contributed by atoms with Gasteiger partial charge in [-0.25, -0.2) is 4.98 Å². The number of nitrogen functional groups attached to an aromatic ring is 1. The maximum atomic E-state index is 12.3. The fourth-order valence-corrected chi connectivity index (χ4v) is 2.43. The van der Waals surface area contributed by atoms with Crippen LogP contribution in [-0.2, 0) is 0 Å². The lowest BCUT2D eigenvalue weighted by Crippen LogP contribution is -2.40. The predicted molar refractivity (Wildman–Crippen MR) is 79.2 cm³/mol. The molecule has 0 aliphatic heterocycles. The molecule has 0 aliphatic rings. The number of nitrogens with two attached hydrogens (primary N) is 1. The second-order valence-corrected chi connectivity index (χ2v) is 6.33. The van der Waals surface area contributed by atoms with Gasteiger partial charge in [0.05, 0.1) is 5.69 Å². The van der Waals surface area contributed by atoms with Gasteiger partial charge in [-0.05, 0) is 20.8 Å². The number of rotatable bonds is 2. The Labute approximate surface area is 116 Å². The van der Waals surface area contributed by atoms with Crippen LogP contribution in [0.3, 0.4) is 0 Å². The molecule has 0 saturated heterocycles.